The maximum Gasteiger partial charge on any atom is 0.253 e. The highest BCUT2D eigenvalue weighted by atomic mass is 32.2. The predicted molar refractivity (Wildman–Crippen MR) is 103 cm³/mol. The Hall–Kier alpha value is -1.94. The molecule has 0 aromatic heterocycles. The summed E-state index contributed by atoms with van der Waals surface area (Å²) < 4.78 is 5.49. The quantitative estimate of drug-likeness (QED) is 0.717. The van der Waals surface area contributed by atoms with E-state index in [4.69, 9.17) is 4.74 Å². The second-order valence-corrected chi connectivity index (χ2v) is 7.65. The molecule has 1 saturated heterocycles. The van der Waals surface area contributed by atoms with Crippen LogP contribution in [-0.4, -0.2) is 31.0 Å². The first kappa shape index (κ1) is 17.9. The molecule has 1 aliphatic heterocycles. The number of ether oxygens (including phenoxy) is 1. The van der Waals surface area contributed by atoms with Gasteiger partial charge < -0.3 is 9.64 Å². The third kappa shape index (κ3) is 4.57. The zero-order chi connectivity index (χ0) is 17.6. The van der Waals surface area contributed by atoms with Crippen molar-refractivity contribution < 1.29 is 9.53 Å². The summed E-state index contributed by atoms with van der Waals surface area (Å²) in [6, 6.07) is 16.1. The van der Waals surface area contributed by atoms with Crippen LogP contribution in [0.15, 0.2) is 53.4 Å². The van der Waals surface area contributed by atoms with Crippen molar-refractivity contribution in [1.82, 2.24) is 4.90 Å². The Morgan fingerprint density at radius 3 is 2.56 bits per heavy atom. The molecule has 1 aliphatic rings. The van der Waals surface area contributed by atoms with E-state index in [1.165, 1.54) is 4.90 Å². The predicted octanol–water partition coefficient (Wildman–Crippen LogP) is 4.86. The van der Waals surface area contributed by atoms with Crippen molar-refractivity contribution in [3.8, 4) is 5.75 Å². The molecule has 0 spiro atoms. The van der Waals surface area contributed by atoms with Gasteiger partial charge in [0.25, 0.3) is 5.91 Å². The van der Waals surface area contributed by atoms with Gasteiger partial charge in [-0.3, -0.25) is 4.79 Å². The molecule has 1 fully saturated rings. The fraction of sp³-hybridized carbons (Fsp3) is 0.381. The number of methoxy groups -OCH3 is 1. The van der Waals surface area contributed by atoms with Crippen LogP contribution in [0.1, 0.15) is 35.7 Å². The maximum atomic E-state index is 12.8. The molecule has 3 rings (SSSR count). The average molecular weight is 356 g/mol. The Morgan fingerprint density at radius 1 is 1.16 bits per heavy atom. The van der Waals surface area contributed by atoms with Crippen molar-refractivity contribution >= 4 is 17.7 Å². The first-order chi connectivity index (χ1) is 12.2. The van der Waals surface area contributed by atoms with E-state index in [0.717, 1.165) is 54.5 Å². The molecule has 2 aromatic carbocycles. The number of carbonyl (C=O) groups excluding carboxylic acids is 1. The molecule has 3 nitrogen and oxygen atoms in total. The highest BCUT2D eigenvalue weighted by Crippen LogP contribution is 2.29. The summed E-state index contributed by atoms with van der Waals surface area (Å²) in [6.45, 7) is 3.98. The summed E-state index contributed by atoms with van der Waals surface area (Å²) in [5.74, 6) is 2.48. The van der Waals surface area contributed by atoms with Crippen LogP contribution in [0.5, 0.6) is 5.75 Å². The van der Waals surface area contributed by atoms with Crippen LogP contribution in [0.25, 0.3) is 0 Å². The lowest BCUT2D eigenvalue weighted by Crippen LogP contribution is -2.37. The molecule has 0 radical (unpaired) electrons. The van der Waals surface area contributed by atoms with E-state index in [1.54, 1.807) is 18.9 Å². The number of hydrogen-bond acceptors (Lipinski definition) is 3. The van der Waals surface area contributed by atoms with Crippen LogP contribution in [-0.2, 0) is 5.75 Å². The Balaban J connectivity index is 1.74. The number of hydrogen-bond donors (Lipinski definition) is 0. The van der Waals surface area contributed by atoms with E-state index in [1.807, 2.05) is 41.3 Å². The third-order valence-corrected chi connectivity index (χ3v) is 5.80. The molecule has 132 valence electrons. The monoisotopic (exact) mass is 355 g/mol. The first-order valence-corrected chi connectivity index (χ1v) is 9.80. The Kier molecular flexibility index (Phi) is 6.03. The zero-order valence-electron chi connectivity index (χ0n) is 14.9. The van der Waals surface area contributed by atoms with E-state index in [0.29, 0.717) is 0 Å². The summed E-state index contributed by atoms with van der Waals surface area (Å²) >= 11 is 1.75. The minimum Gasteiger partial charge on any atom is -0.496 e. The van der Waals surface area contributed by atoms with Gasteiger partial charge in [0.2, 0.25) is 0 Å². The minimum absolute atomic E-state index is 0.139. The van der Waals surface area contributed by atoms with Crippen molar-refractivity contribution in [2.45, 2.75) is 30.4 Å². The van der Waals surface area contributed by atoms with Crippen LogP contribution < -0.4 is 4.74 Å². The van der Waals surface area contributed by atoms with Crippen molar-refractivity contribution in [1.29, 1.82) is 0 Å². The second kappa shape index (κ2) is 8.43. The summed E-state index contributed by atoms with van der Waals surface area (Å²) in [5.41, 5.74) is 1.83. The zero-order valence-corrected chi connectivity index (χ0v) is 15.7. The molecule has 2 aromatic rings. The van der Waals surface area contributed by atoms with Crippen LogP contribution in [0.4, 0.5) is 0 Å². The first-order valence-electron chi connectivity index (χ1n) is 8.81. The van der Waals surface area contributed by atoms with E-state index >= 15 is 0 Å². The number of amides is 1. The van der Waals surface area contributed by atoms with Crippen LogP contribution >= 0.6 is 11.8 Å². The van der Waals surface area contributed by atoms with Gasteiger partial charge in [-0.15, -0.1) is 11.8 Å². The van der Waals surface area contributed by atoms with E-state index in [9.17, 15) is 4.79 Å². The molecular weight excluding hydrogens is 330 g/mol. The average Bonchev–Trinajstić information content (AvgIpc) is 2.67. The van der Waals surface area contributed by atoms with Gasteiger partial charge in [0.15, 0.2) is 0 Å². The summed E-state index contributed by atoms with van der Waals surface area (Å²) in [7, 11) is 1.68. The highest BCUT2D eigenvalue weighted by molar-refractivity contribution is 7.98. The molecule has 0 unspecified atom stereocenters. The highest BCUT2D eigenvalue weighted by Gasteiger charge is 2.22. The number of nitrogens with zero attached hydrogens (tertiary/aromatic N) is 1. The third-order valence-electron chi connectivity index (χ3n) is 4.74. The molecule has 0 atom stereocenters. The standard InChI is InChI=1S/C21H25NO2S/c1-16-10-12-22(13-11-16)21(23)17-8-9-20(24-2)18(14-17)15-25-19-6-4-3-5-7-19/h3-9,14,16H,10-13,15H2,1-2H3. The maximum absolute atomic E-state index is 12.8. The van der Waals surface area contributed by atoms with Gasteiger partial charge >= 0.3 is 0 Å². The fourth-order valence-corrected chi connectivity index (χ4v) is 3.99. The van der Waals surface area contributed by atoms with E-state index in [-0.39, 0.29) is 5.91 Å². The number of likely N-dealkylation sites (tertiary alicyclic amines) is 1. The summed E-state index contributed by atoms with van der Waals surface area (Å²) in [4.78, 5) is 16.0. The normalized spacial score (nSPS) is 15.2. The second-order valence-electron chi connectivity index (χ2n) is 6.60. The van der Waals surface area contributed by atoms with Crippen LogP contribution in [0, 0.1) is 5.92 Å². The van der Waals surface area contributed by atoms with Gasteiger partial charge in [-0.1, -0.05) is 25.1 Å². The molecule has 4 heteroatoms. The van der Waals surface area contributed by atoms with Crippen LogP contribution in [0.2, 0.25) is 0 Å². The molecule has 25 heavy (non-hydrogen) atoms. The topological polar surface area (TPSA) is 29.5 Å². The SMILES string of the molecule is COc1ccc(C(=O)N2CCC(C)CC2)cc1CSc1ccccc1. The van der Waals surface area contributed by atoms with Gasteiger partial charge in [0, 0.05) is 34.9 Å². The molecule has 1 amide bonds. The number of thioether (sulfide) groups is 1. The van der Waals surface area contributed by atoms with Gasteiger partial charge in [0.05, 0.1) is 7.11 Å². The minimum atomic E-state index is 0.139. The molecule has 0 N–H and O–H groups in total. The lowest BCUT2D eigenvalue weighted by molar-refractivity contribution is 0.0697. The molecule has 0 saturated carbocycles. The van der Waals surface area contributed by atoms with Gasteiger partial charge in [-0.2, -0.15) is 0 Å². The molecular formula is C21H25NO2S. The van der Waals surface area contributed by atoms with Gasteiger partial charge in [-0.05, 0) is 49.1 Å². The molecule has 0 aliphatic carbocycles. The van der Waals surface area contributed by atoms with Gasteiger partial charge in [0.1, 0.15) is 5.75 Å². The number of rotatable bonds is 5. The Bertz CT molecular complexity index is 709. The summed E-state index contributed by atoms with van der Waals surface area (Å²) in [5, 5.41) is 0. The fourth-order valence-electron chi connectivity index (χ4n) is 3.10. The van der Waals surface area contributed by atoms with Crippen molar-refractivity contribution in [3.63, 3.8) is 0 Å². The van der Waals surface area contributed by atoms with E-state index < -0.39 is 0 Å². The number of benzene rings is 2. The number of carbonyl (C=O) groups is 1. The van der Waals surface area contributed by atoms with E-state index in [2.05, 4.69) is 19.1 Å². The smallest absolute Gasteiger partial charge is 0.253 e. The lowest BCUT2D eigenvalue weighted by Gasteiger charge is -2.30. The van der Waals surface area contributed by atoms with Crippen molar-refractivity contribution in [2.75, 3.05) is 20.2 Å². The number of piperidine rings is 1. The summed E-state index contributed by atoms with van der Waals surface area (Å²) in [6.07, 6.45) is 2.19. The molecule has 1 heterocycles. The largest absolute Gasteiger partial charge is 0.496 e. The molecule has 0 bridgehead atoms. The van der Waals surface area contributed by atoms with Crippen molar-refractivity contribution in [2.24, 2.45) is 5.92 Å². The van der Waals surface area contributed by atoms with Gasteiger partial charge in [-0.25, -0.2) is 0 Å². The van der Waals surface area contributed by atoms with Crippen molar-refractivity contribution in [3.05, 3.63) is 59.7 Å². The van der Waals surface area contributed by atoms with Crippen LogP contribution in [0.3, 0.4) is 0 Å². The Morgan fingerprint density at radius 2 is 1.88 bits per heavy atom. The lowest BCUT2D eigenvalue weighted by atomic mass is 9.98. The Labute approximate surface area is 154 Å².